The fourth-order valence-corrected chi connectivity index (χ4v) is 2.47. The molecule has 0 aliphatic heterocycles. The molecule has 0 saturated carbocycles. The Hall–Kier alpha value is -2.40. The minimum atomic E-state index is -0.128. The predicted octanol–water partition coefficient (Wildman–Crippen LogP) is 2.63. The number of hydrogen-bond acceptors (Lipinski definition) is 3. The van der Waals surface area contributed by atoms with Gasteiger partial charge in [0, 0.05) is 31.0 Å². The third-order valence-corrected chi connectivity index (χ3v) is 3.90. The number of rotatable bonds is 7. The first-order valence-corrected chi connectivity index (χ1v) is 8.05. The smallest absolute Gasteiger partial charge is 0.244 e. The quantitative estimate of drug-likeness (QED) is 0.628. The molecule has 2 aromatic rings. The molecule has 5 nitrogen and oxygen atoms in total. The van der Waals surface area contributed by atoms with Gasteiger partial charge in [0.15, 0.2) is 0 Å². The Morgan fingerprint density at radius 1 is 1.25 bits per heavy atom. The number of carbonyl (C=O) groups excluding carboxylic acids is 1. The maximum atomic E-state index is 11.8. The number of aromatic nitrogens is 2. The van der Waals surface area contributed by atoms with Crippen LogP contribution >= 0.6 is 0 Å². The molecule has 0 aliphatic carbocycles. The molecular weight excluding hydrogens is 302 g/mol. The number of methoxy groups -OCH3 is 1. The molecule has 0 fully saturated rings. The zero-order valence-electron chi connectivity index (χ0n) is 14.8. The molecule has 24 heavy (non-hydrogen) atoms. The topological polar surface area (TPSA) is 56.1 Å². The van der Waals surface area contributed by atoms with Crippen molar-refractivity contribution >= 4 is 12.0 Å². The fourth-order valence-electron chi connectivity index (χ4n) is 2.47. The van der Waals surface area contributed by atoms with Gasteiger partial charge in [-0.1, -0.05) is 29.8 Å². The largest absolute Gasteiger partial charge is 0.383 e. The van der Waals surface area contributed by atoms with Crippen LogP contribution in [0.3, 0.4) is 0 Å². The van der Waals surface area contributed by atoms with Crippen molar-refractivity contribution in [2.75, 3.05) is 20.3 Å². The molecule has 128 valence electrons. The number of carbonyl (C=O) groups is 1. The van der Waals surface area contributed by atoms with Gasteiger partial charge in [-0.3, -0.25) is 9.48 Å². The average Bonchev–Trinajstić information content (AvgIpc) is 2.82. The number of hydrogen-bond donors (Lipinski definition) is 1. The van der Waals surface area contributed by atoms with Gasteiger partial charge in [0.1, 0.15) is 0 Å². The minimum Gasteiger partial charge on any atom is -0.383 e. The van der Waals surface area contributed by atoms with Crippen LogP contribution in [0, 0.1) is 20.8 Å². The zero-order chi connectivity index (χ0) is 17.5. The van der Waals surface area contributed by atoms with E-state index >= 15 is 0 Å². The van der Waals surface area contributed by atoms with E-state index in [1.54, 1.807) is 13.2 Å². The number of nitrogens with one attached hydrogen (secondary N) is 1. The van der Waals surface area contributed by atoms with Crippen LogP contribution in [-0.2, 0) is 16.1 Å². The lowest BCUT2D eigenvalue weighted by Gasteiger charge is -2.05. The first kappa shape index (κ1) is 17.9. The number of benzene rings is 1. The molecule has 1 N–H and O–H groups in total. The van der Waals surface area contributed by atoms with Crippen molar-refractivity contribution in [3.05, 3.63) is 58.4 Å². The standard InChI is InChI=1S/C19H25N3O2/c1-14-5-7-17(8-6-14)13-22-16(3)18(15(2)21-22)9-10-19(23)20-11-12-24-4/h5-10H,11-13H2,1-4H3,(H,20,23). The van der Waals surface area contributed by atoms with E-state index in [1.165, 1.54) is 11.1 Å². The highest BCUT2D eigenvalue weighted by molar-refractivity contribution is 5.91. The Morgan fingerprint density at radius 2 is 1.96 bits per heavy atom. The summed E-state index contributed by atoms with van der Waals surface area (Å²) in [5.41, 5.74) is 5.41. The summed E-state index contributed by atoms with van der Waals surface area (Å²) < 4.78 is 6.88. The van der Waals surface area contributed by atoms with E-state index in [-0.39, 0.29) is 5.91 Å². The van der Waals surface area contributed by atoms with Crippen molar-refractivity contribution in [3.63, 3.8) is 0 Å². The molecule has 0 bridgehead atoms. The highest BCUT2D eigenvalue weighted by atomic mass is 16.5. The molecule has 0 aliphatic rings. The predicted molar refractivity (Wildman–Crippen MR) is 95.9 cm³/mol. The molecule has 0 spiro atoms. The van der Waals surface area contributed by atoms with Crippen LogP contribution in [-0.4, -0.2) is 35.9 Å². The van der Waals surface area contributed by atoms with E-state index in [2.05, 4.69) is 41.6 Å². The van der Waals surface area contributed by atoms with Gasteiger partial charge >= 0.3 is 0 Å². The molecule has 1 heterocycles. The van der Waals surface area contributed by atoms with Crippen LogP contribution in [0.15, 0.2) is 30.3 Å². The van der Waals surface area contributed by atoms with E-state index in [4.69, 9.17) is 4.74 Å². The summed E-state index contributed by atoms with van der Waals surface area (Å²) in [5.74, 6) is -0.128. The third-order valence-electron chi connectivity index (χ3n) is 3.90. The summed E-state index contributed by atoms with van der Waals surface area (Å²) in [6, 6.07) is 8.44. The van der Waals surface area contributed by atoms with Crippen molar-refractivity contribution in [1.82, 2.24) is 15.1 Å². The molecule has 0 atom stereocenters. The average molecular weight is 327 g/mol. The molecular formula is C19H25N3O2. The summed E-state index contributed by atoms with van der Waals surface area (Å²) in [7, 11) is 1.61. The maximum absolute atomic E-state index is 11.8. The first-order chi connectivity index (χ1) is 11.5. The molecule has 2 rings (SSSR count). The van der Waals surface area contributed by atoms with Crippen LogP contribution in [0.25, 0.3) is 6.08 Å². The Morgan fingerprint density at radius 3 is 2.62 bits per heavy atom. The van der Waals surface area contributed by atoms with Crippen LogP contribution in [0.1, 0.15) is 28.1 Å². The lowest BCUT2D eigenvalue weighted by molar-refractivity contribution is -0.116. The first-order valence-electron chi connectivity index (χ1n) is 8.05. The van der Waals surface area contributed by atoms with Crippen LogP contribution < -0.4 is 5.32 Å². The van der Waals surface area contributed by atoms with Gasteiger partial charge in [-0.15, -0.1) is 0 Å². The van der Waals surface area contributed by atoms with Crippen LogP contribution in [0.2, 0.25) is 0 Å². The molecule has 1 aromatic heterocycles. The number of aryl methyl sites for hydroxylation is 2. The van der Waals surface area contributed by atoms with Crippen LogP contribution in [0.4, 0.5) is 0 Å². The second-order valence-corrected chi connectivity index (χ2v) is 5.84. The van der Waals surface area contributed by atoms with Crippen molar-refractivity contribution in [2.45, 2.75) is 27.3 Å². The van der Waals surface area contributed by atoms with E-state index in [0.29, 0.717) is 13.2 Å². The van der Waals surface area contributed by atoms with E-state index in [0.717, 1.165) is 23.5 Å². The minimum absolute atomic E-state index is 0.128. The van der Waals surface area contributed by atoms with Crippen molar-refractivity contribution in [1.29, 1.82) is 0 Å². The Kier molecular flexibility index (Phi) is 6.32. The van der Waals surface area contributed by atoms with E-state index in [1.807, 2.05) is 24.6 Å². The second kappa shape index (κ2) is 8.45. The molecule has 1 amide bonds. The van der Waals surface area contributed by atoms with Gasteiger partial charge in [-0.25, -0.2) is 0 Å². The monoisotopic (exact) mass is 327 g/mol. The number of amides is 1. The van der Waals surface area contributed by atoms with E-state index < -0.39 is 0 Å². The second-order valence-electron chi connectivity index (χ2n) is 5.84. The van der Waals surface area contributed by atoms with Crippen molar-refractivity contribution in [3.8, 4) is 0 Å². The molecule has 0 saturated heterocycles. The van der Waals surface area contributed by atoms with Crippen molar-refractivity contribution in [2.24, 2.45) is 0 Å². The highest BCUT2D eigenvalue weighted by Gasteiger charge is 2.10. The van der Waals surface area contributed by atoms with Crippen molar-refractivity contribution < 1.29 is 9.53 Å². The molecule has 0 unspecified atom stereocenters. The SMILES string of the molecule is COCCNC(=O)C=Cc1c(C)nn(Cc2ccc(C)cc2)c1C. The van der Waals surface area contributed by atoms with Gasteiger partial charge in [0.05, 0.1) is 18.8 Å². The fraction of sp³-hybridized carbons (Fsp3) is 0.368. The third kappa shape index (κ3) is 4.80. The van der Waals surface area contributed by atoms with Gasteiger partial charge in [0.2, 0.25) is 5.91 Å². The van der Waals surface area contributed by atoms with E-state index in [9.17, 15) is 4.79 Å². The van der Waals surface area contributed by atoms with Crippen LogP contribution in [0.5, 0.6) is 0 Å². The summed E-state index contributed by atoms with van der Waals surface area (Å²) >= 11 is 0. The van der Waals surface area contributed by atoms with Gasteiger partial charge in [-0.2, -0.15) is 5.10 Å². The summed E-state index contributed by atoms with van der Waals surface area (Å²) in [6.45, 7) is 7.79. The zero-order valence-corrected chi connectivity index (χ0v) is 14.8. The summed E-state index contributed by atoms with van der Waals surface area (Å²) in [4.78, 5) is 11.8. The normalized spacial score (nSPS) is 11.2. The molecule has 1 aromatic carbocycles. The lowest BCUT2D eigenvalue weighted by Crippen LogP contribution is -2.24. The Labute approximate surface area is 143 Å². The molecule has 5 heteroatoms. The Balaban J connectivity index is 2.08. The summed E-state index contributed by atoms with van der Waals surface area (Å²) in [6.07, 6.45) is 3.37. The number of ether oxygens (including phenoxy) is 1. The number of nitrogens with zero attached hydrogens (tertiary/aromatic N) is 2. The van der Waals surface area contributed by atoms with Gasteiger partial charge in [0.25, 0.3) is 0 Å². The lowest BCUT2D eigenvalue weighted by atomic mass is 10.1. The summed E-state index contributed by atoms with van der Waals surface area (Å²) in [5, 5.41) is 7.36. The molecule has 0 radical (unpaired) electrons. The highest BCUT2D eigenvalue weighted by Crippen LogP contribution is 2.16. The van der Waals surface area contributed by atoms with Gasteiger partial charge < -0.3 is 10.1 Å². The Bertz CT molecular complexity index is 715. The maximum Gasteiger partial charge on any atom is 0.244 e. The van der Waals surface area contributed by atoms with Gasteiger partial charge in [-0.05, 0) is 32.4 Å².